The molecule has 0 spiro atoms. The van der Waals surface area contributed by atoms with Gasteiger partial charge in [-0.05, 0) is 56.9 Å². The van der Waals surface area contributed by atoms with Gasteiger partial charge in [0.05, 0.1) is 12.7 Å². The van der Waals surface area contributed by atoms with Gasteiger partial charge in [-0.2, -0.15) is 0 Å². The van der Waals surface area contributed by atoms with Gasteiger partial charge in [-0.3, -0.25) is 0 Å². The van der Waals surface area contributed by atoms with Crippen molar-refractivity contribution in [3.05, 3.63) is 23.8 Å². The van der Waals surface area contributed by atoms with Crippen LogP contribution in [-0.2, 0) is 4.74 Å². The molecule has 1 fully saturated rings. The second kappa shape index (κ2) is 5.83. The van der Waals surface area contributed by atoms with Crippen LogP contribution in [0.25, 0.3) is 0 Å². The zero-order chi connectivity index (χ0) is 13.9. The molecule has 1 aliphatic heterocycles. The van der Waals surface area contributed by atoms with Gasteiger partial charge < -0.3 is 14.8 Å². The van der Waals surface area contributed by atoms with E-state index in [2.05, 4.69) is 38.2 Å². The number of ether oxygens (including phenoxy) is 2. The van der Waals surface area contributed by atoms with E-state index in [1.807, 2.05) is 6.07 Å². The predicted molar refractivity (Wildman–Crippen MR) is 79.0 cm³/mol. The van der Waals surface area contributed by atoms with E-state index in [-0.39, 0.29) is 5.60 Å². The molecule has 3 nitrogen and oxygen atoms in total. The van der Waals surface area contributed by atoms with Crippen LogP contribution < -0.4 is 10.1 Å². The summed E-state index contributed by atoms with van der Waals surface area (Å²) >= 11 is 0. The Kier molecular flexibility index (Phi) is 4.35. The monoisotopic (exact) mass is 263 g/mol. The van der Waals surface area contributed by atoms with E-state index in [0.717, 1.165) is 37.2 Å². The minimum absolute atomic E-state index is 0.0252. The van der Waals surface area contributed by atoms with Gasteiger partial charge in [-0.25, -0.2) is 0 Å². The standard InChI is InChI=1S/C16H25NO2/c1-5-16(3)11-14(8-9-19-16)17-13-6-7-15(18-4)12(2)10-13/h6-7,10,14,17H,5,8-9,11H2,1-4H3. The lowest BCUT2D eigenvalue weighted by Gasteiger charge is -2.38. The molecule has 1 aromatic carbocycles. The van der Waals surface area contributed by atoms with Crippen LogP contribution in [0.2, 0.25) is 0 Å². The van der Waals surface area contributed by atoms with Crippen LogP contribution in [-0.4, -0.2) is 25.4 Å². The van der Waals surface area contributed by atoms with E-state index in [1.54, 1.807) is 7.11 Å². The second-order valence-corrected chi connectivity index (χ2v) is 5.67. The first kappa shape index (κ1) is 14.2. The van der Waals surface area contributed by atoms with E-state index in [0.29, 0.717) is 6.04 Å². The first-order valence-corrected chi connectivity index (χ1v) is 7.11. The molecule has 1 aromatic rings. The Hall–Kier alpha value is -1.22. The maximum Gasteiger partial charge on any atom is 0.121 e. The third-order valence-corrected chi connectivity index (χ3v) is 4.11. The predicted octanol–water partition coefficient (Wildman–Crippen LogP) is 3.76. The number of nitrogens with one attached hydrogen (secondary N) is 1. The van der Waals surface area contributed by atoms with E-state index in [1.165, 1.54) is 5.69 Å². The maximum atomic E-state index is 5.88. The fraction of sp³-hybridized carbons (Fsp3) is 0.625. The van der Waals surface area contributed by atoms with Gasteiger partial charge in [0.2, 0.25) is 0 Å². The number of aryl methyl sites for hydroxylation is 1. The second-order valence-electron chi connectivity index (χ2n) is 5.67. The summed E-state index contributed by atoms with van der Waals surface area (Å²) in [5.74, 6) is 0.941. The molecule has 2 atom stereocenters. The number of anilines is 1. The Labute approximate surface area is 116 Å². The molecule has 1 N–H and O–H groups in total. The lowest BCUT2D eigenvalue weighted by molar-refractivity contribution is -0.0708. The van der Waals surface area contributed by atoms with Crippen LogP contribution in [0.15, 0.2) is 18.2 Å². The highest BCUT2D eigenvalue weighted by Crippen LogP contribution is 2.30. The summed E-state index contributed by atoms with van der Waals surface area (Å²) in [5, 5.41) is 3.63. The molecular weight excluding hydrogens is 238 g/mol. The number of methoxy groups -OCH3 is 1. The molecular formula is C16H25NO2. The zero-order valence-corrected chi connectivity index (χ0v) is 12.5. The average Bonchev–Trinajstić information content (AvgIpc) is 2.39. The largest absolute Gasteiger partial charge is 0.496 e. The summed E-state index contributed by atoms with van der Waals surface area (Å²) in [5.41, 5.74) is 2.36. The van der Waals surface area contributed by atoms with Gasteiger partial charge in [0.1, 0.15) is 5.75 Å². The number of hydrogen-bond donors (Lipinski definition) is 1. The van der Waals surface area contributed by atoms with Crippen molar-refractivity contribution in [2.75, 3.05) is 19.0 Å². The molecule has 1 aliphatic rings. The fourth-order valence-corrected chi connectivity index (χ4v) is 2.70. The molecule has 0 aromatic heterocycles. The molecule has 0 saturated carbocycles. The molecule has 2 unspecified atom stereocenters. The van der Waals surface area contributed by atoms with E-state index >= 15 is 0 Å². The molecule has 1 heterocycles. The van der Waals surface area contributed by atoms with Crippen LogP contribution >= 0.6 is 0 Å². The van der Waals surface area contributed by atoms with Crippen LogP contribution in [0.4, 0.5) is 5.69 Å². The number of rotatable bonds is 4. The first-order chi connectivity index (χ1) is 9.06. The Bertz CT molecular complexity index is 433. The van der Waals surface area contributed by atoms with E-state index < -0.39 is 0 Å². The Morgan fingerprint density at radius 1 is 1.47 bits per heavy atom. The van der Waals surface area contributed by atoms with Crippen molar-refractivity contribution < 1.29 is 9.47 Å². The summed E-state index contributed by atoms with van der Waals surface area (Å²) in [4.78, 5) is 0. The van der Waals surface area contributed by atoms with E-state index in [4.69, 9.17) is 9.47 Å². The summed E-state index contributed by atoms with van der Waals surface area (Å²) in [6, 6.07) is 6.75. The van der Waals surface area contributed by atoms with Crippen LogP contribution in [0.3, 0.4) is 0 Å². The lowest BCUT2D eigenvalue weighted by atomic mass is 9.90. The topological polar surface area (TPSA) is 30.5 Å². The van der Waals surface area contributed by atoms with E-state index in [9.17, 15) is 0 Å². The Morgan fingerprint density at radius 2 is 2.26 bits per heavy atom. The van der Waals surface area contributed by atoms with Crippen molar-refractivity contribution >= 4 is 5.69 Å². The third-order valence-electron chi connectivity index (χ3n) is 4.11. The van der Waals surface area contributed by atoms with Gasteiger partial charge in [0.25, 0.3) is 0 Å². The quantitative estimate of drug-likeness (QED) is 0.897. The molecule has 0 radical (unpaired) electrons. The highest BCUT2D eigenvalue weighted by Gasteiger charge is 2.31. The smallest absolute Gasteiger partial charge is 0.121 e. The summed E-state index contributed by atoms with van der Waals surface area (Å²) < 4.78 is 11.2. The molecule has 106 valence electrons. The van der Waals surface area contributed by atoms with Gasteiger partial charge >= 0.3 is 0 Å². The molecule has 2 rings (SSSR count). The van der Waals surface area contributed by atoms with Crippen molar-refractivity contribution in [2.45, 2.75) is 51.7 Å². The van der Waals surface area contributed by atoms with Gasteiger partial charge in [-0.15, -0.1) is 0 Å². The van der Waals surface area contributed by atoms with Crippen molar-refractivity contribution in [3.8, 4) is 5.75 Å². The van der Waals surface area contributed by atoms with Crippen LogP contribution in [0.5, 0.6) is 5.75 Å². The maximum absolute atomic E-state index is 5.88. The summed E-state index contributed by atoms with van der Waals surface area (Å²) in [6.07, 6.45) is 3.20. The highest BCUT2D eigenvalue weighted by atomic mass is 16.5. The SMILES string of the molecule is CCC1(C)CC(Nc2ccc(OC)c(C)c2)CCO1. The van der Waals surface area contributed by atoms with Gasteiger partial charge in [-0.1, -0.05) is 6.92 Å². The van der Waals surface area contributed by atoms with Gasteiger partial charge in [0.15, 0.2) is 0 Å². The zero-order valence-electron chi connectivity index (χ0n) is 12.5. The molecule has 19 heavy (non-hydrogen) atoms. The van der Waals surface area contributed by atoms with Crippen molar-refractivity contribution in [2.24, 2.45) is 0 Å². The number of benzene rings is 1. The molecule has 0 aliphatic carbocycles. The van der Waals surface area contributed by atoms with Crippen LogP contribution in [0.1, 0.15) is 38.7 Å². The first-order valence-electron chi connectivity index (χ1n) is 7.11. The highest BCUT2D eigenvalue weighted by molar-refractivity contribution is 5.51. The minimum atomic E-state index is 0.0252. The Balaban J connectivity index is 2.03. The summed E-state index contributed by atoms with van der Waals surface area (Å²) in [6.45, 7) is 7.32. The van der Waals surface area contributed by atoms with Crippen molar-refractivity contribution in [3.63, 3.8) is 0 Å². The molecule has 0 amide bonds. The van der Waals surface area contributed by atoms with Gasteiger partial charge in [0, 0.05) is 18.3 Å². The van der Waals surface area contributed by atoms with Crippen molar-refractivity contribution in [1.82, 2.24) is 0 Å². The van der Waals surface area contributed by atoms with Crippen molar-refractivity contribution in [1.29, 1.82) is 0 Å². The lowest BCUT2D eigenvalue weighted by Crippen LogP contribution is -2.41. The normalized spacial score (nSPS) is 27.1. The van der Waals surface area contributed by atoms with Crippen LogP contribution in [0, 0.1) is 6.92 Å². The molecule has 3 heteroatoms. The summed E-state index contributed by atoms with van der Waals surface area (Å²) in [7, 11) is 1.71. The fourth-order valence-electron chi connectivity index (χ4n) is 2.70. The Morgan fingerprint density at radius 3 is 2.89 bits per heavy atom. The average molecular weight is 263 g/mol. The minimum Gasteiger partial charge on any atom is -0.496 e. The number of hydrogen-bond acceptors (Lipinski definition) is 3. The molecule has 1 saturated heterocycles. The third kappa shape index (κ3) is 3.41. The molecule has 0 bridgehead atoms.